The normalized spacial score (nSPS) is 12.1. The van der Waals surface area contributed by atoms with Crippen LogP contribution in [0.1, 0.15) is 213 Å². The van der Waals surface area contributed by atoms with Gasteiger partial charge in [-0.05, 0) is 38.5 Å². The molecule has 1 atom stereocenters. The van der Waals surface area contributed by atoms with Crippen molar-refractivity contribution < 1.29 is 19.4 Å². The molecule has 0 aliphatic heterocycles. The van der Waals surface area contributed by atoms with E-state index in [4.69, 9.17) is 9.84 Å². The number of ether oxygens (including phenoxy) is 1. The molecule has 0 saturated carbocycles. The Hall–Kier alpha value is -1.06. The molecule has 0 aromatic rings. The molecule has 0 bridgehead atoms. The molecule has 0 aromatic heterocycles. The number of carbonyl (C=O) groups is 2. The summed E-state index contributed by atoms with van der Waals surface area (Å²) in [6, 6.07) is 0. The third-order valence-corrected chi connectivity index (χ3v) is 8.33. The van der Waals surface area contributed by atoms with Crippen LogP contribution in [-0.4, -0.2) is 23.1 Å². The summed E-state index contributed by atoms with van der Waals surface area (Å²) in [6.07, 6.45) is 36.9. The van der Waals surface area contributed by atoms with Gasteiger partial charge in [0.2, 0.25) is 0 Å². The molecule has 4 heteroatoms. The first-order chi connectivity index (χ1) is 19.6. The van der Waals surface area contributed by atoms with Crippen LogP contribution < -0.4 is 0 Å². The highest BCUT2D eigenvalue weighted by Crippen LogP contribution is 2.19. The van der Waals surface area contributed by atoms with E-state index in [0.717, 1.165) is 51.4 Å². The molecular formula is C36H70O4. The van der Waals surface area contributed by atoms with Crippen LogP contribution in [0.4, 0.5) is 0 Å². The van der Waals surface area contributed by atoms with Gasteiger partial charge in [0.1, 0.15) is 6.10 Å². The number of hydrogen-bond donors (Lipinski definition) is 1. The highest BCUT2D eigenvalue weighted by molar-refractivity contribution is 5.69. The lowest BCUT2D eigenvalue weighted by atomic mass is 10.0. The molecule has 0 spiro atoms. The van der Waals surface area contributed by atoms with Gasteiger partial charge in [-0.2, -0.15) is 0 Å². The van der Waals surface area contributed by atoms with Gasteiger partial charge in [-0.15, -0.1) is 0 Å². The lowest BCUT2D eigenvalue weighted by Gasteiger charge is -2.18. The van der Waals surface area contributed by atoms with Gasteiger partial charge < -0.3 is 9.84 Å². The van der Waals surface area contributed by atoms with Crippen molar-refractivity contribution in [1.82, 2.24) is 0 Å². The number of aliphatic carboxylic acids is 1. The number of hydrogen-bond acceptors (Lipinski definition) is 3. The maximum Gasteiger partial charge on any atom is 0.306 e. The van der Waals surface area contributed by atoms with Crippen LogP contribution in [0.5, 0.6) is 0 Å². The second-order valence-corrected chi connectivity index (χ2v) is 12.4. The molecule has 0 heterocycles. The summed E-state index contributed by atoms with van der Waals surface area (Å²) in [5.41, 5.74) is 0. The third-order valence-electron chi connectivity index (χ3n) is 8.33. The van der Waals surface area contributed by atoms with E-state index in [2.05, 4.69) is 13.8 Å². The third kappa shape index (κ3) is 31.5. The van der Waals surface area contributed by atoms with Crippen molar-refractivity contribution in [2.24, 2.45) is 0 Å². The van der Waals surface area contributed by atoms with Crippen LogP contribution in [0.25, 0.3) is 0 Å². The van der Waals surface area contributed by atoms with Gasteiger partial charge in [0.25, 0.3) is 0 Å². The van der Waals surface area contributed by atoms with Crippen LogP contribution in [0, 0.1) is 0 Å². The molecule has 238 valence electrons. The molecule has 0 fully saturated rings. The number of esters is 1. The fraction of sp³-hybridized carbons (Fsp3) is 0.944. The van der Waals surface area contributed by atoms with E-state index in [-0.39, 0.29) is 12.1 Å². The lowest BCUT2D eigenvalue weighted by molar-refractivity contribution is -0.150. The van der Waals surface area contributed by atoms with Crippen molar-refractivity contribution in [3.63, 3.8) is 0 Å². The number of carboxylic acid groups (broad SMARTS) is 1. The van der Waals surface area contributed by atoms with Gasteiger partial charge in [-0.3, -0.25) is 9.59 Å². The summed E-state index contributed by atoms with van der Waals surface area (Å²) in [5.74, 6) is -0.650. The Morgan fingerprint density at radius 3 is 1.10 bits per heavy atom. The van der Waals surface area contributed by atoms with Crippen LogP contribution in [0.15, 0.2) is 0 Å². The highest BCUT2D eigenvalue weighted by atomic mass is 16.5. The monoisotopic (exact) mass is 567 g/mol. The minimum atomic E-state index is -0.680. The maximum absolute atomic E-state index is 12.6. The first-order valence-corrected chi connectivity index (χ1v) is 18.0. The average Bonchev–Trinajstić information content (AvgIpc) is 2.93. The molecule has 0 aliphatic rings. The number of carboxylic acids is 1. The first-order valence-electron chi connectivity index (χ1n) is 18.0. The smallest absolute Gasteiger partial charge is 0.306 e. The zero-order valence-electron chi connectivity index (χ0n) is 27.2. The Morgan fingerprint density at radius 1 is 0.450 bits per heavy atom. The quantitative estimate of drug-likeness (QED) is 0.0633. The van der Waals surface area contributed by atoms with E-state index in [0.29, 0.717) is 12.8 Å². The fourth-order valence-corrected chi connectivity index (χ4v) is 5.66. The first kappa shape index (κ1) is 38.9. The molecule has 1 N–H and O–H groups in total. The zero-order valence-corrected chi connectivity index (χ0v) is 27.2. The maximum atomic E-state index is 12.6. The van der Waals surface area contributed by atoms with E-state index < -0.39 is 5.97 Å². The van der Waals surface area contributed by atoms with Gasteiger partial charge in [-0.1, -0.05) is 162 Å². The topological polar surface area (TPSA) is 63.6 Å². The standard InChI is InChI=1S/C36H70O4/c1-3-5-7-9-11-13-14-15-21-25-29-33-36(39)40-34(30-26-22-18-12-10-8-6-4-2)31-27-23-19-16-17-20-24-28-32-35(37)38/h34H,3-33H2,1-2H3,(H,37,38). The summed E-state index contributed by atoms with van der Waals surface area (Å²) in [4.78, 5) is 23.2. The van der Waals surface area contributed by atoms with Crippen molar-refractivity contribution >= 4 is 11.9 Å². The molecule has 0 aliphatic carbocycles. The summed E-state index contributed by atoms with van der Waals surface area (Å²) in [5, 5.41) is 8.72. The van der Waals surface area contributed by atoms with Crippen LogP contribution in [0.2, 0.25) is 0 Å². The van der Waals surface area contributed by atoms with Crippen molar-refractivity contribution in [2.75, 3.05) is 0 Å². The summed E-state index contributed by atoms with van der Waals surface area (Å²) >= 11 is 0. The second-order valence-electron chi connectivity index (χ2n) is 12.4. The number of carbonyl (C=O) groups excluding carboxylic acids is 1. The lowest BCUT2D eigenvalue weighted by Crippen LogP contribution is -2.18. The molecule has 0 rings (SSSR count). The Bertz CT molecular complexity index is 533. The van der Waals surface area contributed by atoms with Crippen molar-refractivity contribution in [2.45, 2.75) is 219 Å². The van der Waals surface area contributed by atoms with Crippen LogP contribution >= 0.6 is 0 Å². The molecule has 0 radical (unpaired) electrons. The average molecular weight is 567 g/mol. The van der Waals surface area contributed by atoms with Gasteiger partial charge in [0.05, 0.1) is 0 Å². The Labute approximate surface area is 250 Å². The van der Waals surface area contributed by atoms with Gasteiger partial charge in [0, 0.05) is 12.8 Å². The van der Waals surface area contributed by atoms with E-state index in [1.165, 1.54) is 135 Å². The van der Waals surface area contributed by atoms with Gasteiger partial charge in [-0.25, -0.2) is 0 Å². The van der Waals surface area contributed by atoms with Crippen molar-refractivity contribution in [3.8, 4) is 0 Å². The van der Waals surface area contributed by atoms with Gasteiger partial charge >= 0.3 is 11.9 Å². The van der Waals surface area contributed by atoms with Crippen LogP contribution in [0.3, 0.4) is 0 Å². The Kier molecular flexibility index (Phi) is 31.6. The largest absolute Gasteiger partial charge is 0.481 e. The highest BCUT2D eigenvalue weighted by Gasteiger charge is 2.14. The molecule has 40 heavy (non-hydrogen) atoms. The van der Waals surface area contributed by atoms with E-state index in [1.807, 2.05) is 0 Å². The number of unbranched alkanes of at least 4 members (excludes halogenated alkanes) is 24. The van der Waals surface area contributed by atoms with E-state index in [9.17, 15) is 9.59 Å². The summed E-state index contributed by atoms with van der Waals surface area (Å²) < 4.78 is 6.01. The van der Waals surface area contributed by atoms with Crippen molar-refractivity contribution in [1.29, 1.82) is 0 Å². The number of rotatable bonds is 33. The molecule has 4 nitrogen and oxygen atoms in total. The molecule has 0 saturated heterocycles. The molecule has 0 amide bonds. The van der Waals surface area contributed by atoms with Gasteiger partial charge in [0.15, 0.2) is 0 Å². The predicted octanol–water partition coefficient (Wildman–Crippen LogP) is 12.1. The minimum absolute atomic E-state index is 0.0295. The Morgan fingerprint density at radius 2 is 0.750 bits per heavy atom. The molecular weight excluding hydrogens is 496 g/mol. The zero-order chi connectivity index (χ0) is 29.4. The summed E-state index contributed by atoms with van der Waals surface area (Å²) in [6.45, 7) is 4.54. The predicted molar refractivity (Wildman–Crippen MR) is 172 cm³/mol. The van der Waals surface area contributed by atoms with Crippen molar-refractivity contribution in [3.05, 3.63) is 0 Å². The Balaban J connectivity index is 4.02. The molecule has 0 aromatic carbocycles. The minimum Gasteiger partial charge on any atom is -0.481 e. The fourth-order valence-electron chi connectivity index (χ4n) is 5.66. The summed E-state index contributed by atoms with van der Waals surface area (Å²) in [7, 11) is 0. The van der Waals surface area contributed by atoms with E-state index in [1.54, 1.807) is 0 Å². The van der Waals surface area contributed by atoms with Crippen LogP contribution in [-0.2, 0) is 14.3 Å². The van der Waals surface area contributed by atoms with E-state index >= 15 is 0 Å². The molecule has 1 unspecified atom stereocenters. The second kappa shape index (κ2) is 32.5. The SMILES string of the molecule is CCCCCCCCCCCCCC(=O)OC(CCCCCCCCCC)CCCCCCCCCCC(=O)O.